The van der Waals surface area contributed by atoms with Gasteiger partial charge in [0.1, 0.15) is 12.4 Å². The summed E-state index contributed by atoms with van der Waals surface area (Å²) in [7, 11) is 0. The number of benzene rings is 1. The fourth-order valence-corrected chi connectivity index (χ4v) is 4.36. The largest absolute Gasteiger partial charge is 0.492 e. The van der Waals surface area contributed by atoms with Gasteiger partial charge < -0.3 is 24.8 Å². The minimum atomic E-state index is -8.05. The molecule has 0 heterocycles. The molecule has 1 fully saturated rings. The monoisotopic (exact) mass is 696 g/mol. The van der Waals surface area contributed by atoms with E-state index in [1.807, 2.05) is 0 Å². The van der Waals surface area contributed by atoms with Crippen LogP contribution >= 0.6 is 0 Å². The molecule has 0 bridgehead atoms. The number of carbonyl (C=O) groups excluding carboxylic acids is 1. The van der Waals surface area contributed by atoms with Crippen molar-refractivity contribution in [3.05, 3.63) is 29.8 Å². The lowest BCUT2D eigenvalue weighted by molar-refractivity contribution is -0.439. The van der Waals surface area contributed by atoms with Gasteiger partial charge in [0, 0.05) is 19.1 Å². The van der Waals surface area contributed by atoms with Crippen LogP contribution in [0.5, 0.6) is 5.75 Å². The van der Waals surface area contributed by atoms with Crippen molar-refractivity contribution in [1.82, 2.24) is 10.2 Å². The number of nitrogens with zero attached hydrogens (tertiary/aromatic N) is 1. The van der Waals surface area contributed by atoms with Crippen LogP contribution in [0.25, 0.3) is 0 Å². The summed E-state index contributed by atoms with van der Waals surface area (Å²) >= 11 is 0. The molecule has 2 rings (SSSR count). The average Bonchev–Trinajstić information content (AvgIpc) is 3.45. The lowest BCUT2D eigenvalue weighted by atomic mass is 9.93. The Hall–Kier alpha value is -3.19. The van der Waals surface area contributed by atoms with E-state index in [4.69, 9.17) is 14.6 Å². The number of nitrogens with one attached hydrogen (secondary N) is 1. The molecule has 1 unspecified atom stereocenters. The van der Waals surface area contributed by atoms with Crippen molar-refractivity contribution in [2.45, 2.75) is 87.0 Å². The van der Waals surface area contributed by atoms with Crippen molar-refractivity contribution < 1.29 is 81.2 Å². The van der Waals surface area contributed by atoms with Crippen molar-refractivity contribution in [3.63, 3.8) is 0 Å². The topological polar surface area (TPSA) is 88.1 Å². The van der Waals surface area contributed by atoms with E-state index in [-0.39, 0.29) is 36.5 Å². The molecule has 0 aromatic heterocycles. The first-order chi connectivity index (χ1) is 20.9. The van der Waals surface area contributed by atoms with Gasteiger partial charge >= 0.3 is 47.8 Å². The van der Waals surface area contributed by atoms with Gasteiger partial charge in [-0.25, -0.2) is 9.59 Å². The van der Waals surface area contributed by atoms with E-state index in [2.05, 4.69) is 5.32 Å². The molecule has 1 aromatic rings. The summed E-state index contributed by atoms with van der Waals surface area (Å²) in [5.74, 6) is -39.2. The number of carboxylic acids is 1. The standard InChI is InChI=1S/C26H29F13N2O5/c1-2-45-18(19(42)43)13-15-7-9-17(10-8-15)46-12-11-41(20(44)40-16-5-3-4-6-16)14-21(27,28)22(29,30)23(31,32)24(33,34)25(35,36)26(37,38)39/h7-10,16,18H,2-6,11-14H2,1H3,(H,40,44)(H,42,43). The van der Waals surface area contributed by atoms with Crippen LogP contribution in [0.3, 0.4) is 0 Å². The number of amides is 2. The first-order valence-corrected chi connectivity index (χ1v) is 13.5. The second-order valence-corrected chi connectivity index (χ2v) is 10.3. The maximum atomic E-state index is 14.6. The highest BCUT2D eigenvalue weighted by atomic mass is 19.4. The minimum Gasteiger partial charge on any atom is -0.492 e. The fourth-order valence-electron chi connectivity index (χ4n) is 4.36. The highest BCUT2D eigenvalue weighted by Gasteiger charge is 2.90. The number of ether oxygens (including phenoxy) is 2. The van der Waals surface area contributed by atoms with Gasteiger partial charge in [0.2, 0.25) is 0 Å². The van der Waals surface area contributed by atoms with Crippen LogP contribution in [0.15, 0.2) is 24.3 Å². The van der Waals surface area contributed by atoms with Crippen molar-refractivity contribution in [2.75, 3.05) is 26.3 Å². The van der Waals surface area contributed by atoms with Gasteiger partial charge in [0.25, 0.3) is 0 Å². The quantitative estimate of drug-likeness (QED) is 0.186. The maximum absolute atomic E-state index is 14.6. The molecule has 0 radical (unpaired) electrons. The summed E-state index contributed by atoms with van der Waals surface area (Å²) in [6.07, 6.45) is -7.14. The highest BCUT2D eigenvalue weighted by molar-refractivity contribution is 5.74. The second-order valence-electron chi connectivity index (χ2n) is 10.3. The number of urea groups is 1. The summed E-state index contributed by atoms with van der Waals surface area (Å²) in [5.41, 5.74) is 0.432. The molecule has 1 aliphatic rings. The predicted octanol–water partition coefficient (Wildman–Crippen LogP) is 6.79. The SMILES string of the molecule is CCOC(Cc1ccc(OCCN(CC(F)(F)C(F)(F)C(F)(F)C(F)(F)C(F)(F)C(F)(F)F)C(=O)NC2CCCC2)cc1)C(=O)O. The molecule has 1 saturated carbocycles. The van der Waals surface area contributed by atoms with E-state index < -0.39 is 79.6 Å². The van der Waals surface area contributed by atoms with E-state index in [1.165, 1.54) is 24.3 Å². The molecule has 1 atom stereocenters. The second kappa shape index (κ2) is 14.3. The van der Waals surface area contributed by atoms with Crippen molar-refractivity contribution in [2.24, 2.45) is 0 Å². The molecule has 264 valence electrons. The van der Waals surface area contributed by atoms with Crippen molar-refractivity contribution in [1.29, 1.82) is 0 Å². The smallest absolute Gasteiger partial charge is 0.460 e. The van der Waals surface area contributed by atoms with E-state index >= 15 is 0 Å². The van der Waals surface area contributed by atoms with Gasteiger partial charge in [-0.1, -0.05) is 25.0 Å². The minimum absolute atomic E-state index is 0.0548. The van der Waals surface area contributed by atoms with Gasteiger partial charge in [-0.2, -0.15) is 57.1 Å². The lowest BCUT2D eigenvalue weighted by Crippen LogP contribution is -2.71. The molecule has 1 aromatic carbocycles. The zero-order chi connectivity index (χ0) is 35.4. The zero-order valence-electron chi connectivity index (χ0n) is 23.8. The van der Waals surface area contributed by atoms with Crippen LogP contribution in [0, 0.1) is 0 Å². The van der Waals surface area contributed by atoms with Crippen LogP contribution in [0.1, 0.15) is 38.2 Å². The molecule has 2 N–H and O–H groups in total. The Balaban J connectivity index is 2.26. The van der Waals surface area contributed by atoms with Gasteiger partial charge in [0.05, 0.1) is 13.1 Å². The Kier molecular flexibility index (Phi) is 12.1. The Morgan fingerprint density at radius 3 is 1.87 bits per heavy atom. The van der Waals surface area contributed by atoms with Gasteiger partial charge in [-0.15, -0.1) is 0 Å². The van der Waals surface area contributed by atoms with Gasteiger partial charge in [-0.05, 0) is 37.5 Å². The molecule has 1 aliphatic carbocycles. The first kappa shape index (κ1) is 39.0. The zero-order valence-corrected chi connectivity index (χ0v) is 23.8. The van der Waals surface area contributed by atoms with E-state index in [0.29, 0.717) is 18.4 Å². The Bertz CT molecular complexity index is 1170. The fraction of sp³-hybridized carbons (Fsp3) is 0.692. The molecule has 0 aliphatic heterocycles. The number of alkyl halides is 13. The van der Waals surface area contributed by atoms with Gasteiger partial charge in [0.15, 0.2) is 6.10 Å². The highest BCUT2D eigenvalue weighted by Crippen LogP contribution is 2.60. The maximum Gasteiger partial charge on any atom is 0.460 e. The number of carboxylic acid groups (broad SMARTS) is 1. The number of aliphatic carboxylic acids is 1. The van der Waals surface area contributed by atoms with Crippen LogP contribution in [0.2, 0.25) is 0 Å². The first-order valence-electron chi connectivity index (χ1n) is 13.5. The summed E-state index contributed by atoms with van der Waals surface area (Å²) in [6, 6.07) is 2.93. The van der Waals surface area contributed by atoms with Crippen molar-refractivity contribution in [3.8, 4) is 5.75 Å². The summed E-state index contributed by atoms with van der Waals surface area (Å²) < 4.78 is 187. The molecule has 7 nitrogen and oxygen atoms in total. The number of rotatable bonds is 16. The van der Waals surface area contributed by atoms with E-state index in [9.17, 15) is 66.7 Å². The van der Waals surface area contributed by atoms with E-state index in [0.717, 1.165) is 0 Å². The van der Waals surface area contributed by atoms with Crippen LogP contribution in [0.4, 0.5) is 61.9 Å². The third-order valence-corrected chi connectivity index (χ3v) is 6.98. The molecular weight excluding hydrogens is 667 g/mol. The third kappa shape index (κ3) is 8.20. The van der Waals surface area contributed by atoms with Crippen LogP contribution in [-0.2, 0) is 16.0 Å². The molecule has 20 heteroatoms. The molecule has 0 spiro atoms. The number of halogens is 13. The number of carbonyl (C=O) groups is 2. The molecule has 0 saturated heterocycles. The molecule has 46 heavy (non-hydrogen) atoms. The van der Waals surface area contributed by atoms with Crippen LogP contribution in [-0.4, -0.2) is 96.2 Å². The Morgan fingerprint density at radius 1 is 0.870 bits per heavy atom. The predicted molar refractivity (Wildman–Crippen MR) is 132 cm³/mol. The summed E-state index contributed by atoms with van der Waals surface area (Å²) in [6.45, 7) is -3.10. The average molecular weight is 697 g/mol. The third-order valence-electron chi connectivity index (χ3n) is 6.98. The Labute approximate surface area is 253 Å². The molecule has 2 amide bonds. The summed E-state index contributed by atoms with van der Waals surface area (Å²) in [4.78, 5) is 23.6. The number of hydrogen-bond donors (Lipinski definition) is 2. The summed E-state index contributed by atoms with van der Waals surface area (Å²) in [5, 5.41) is 11.3. The van der Waals surface area contributed by atoms with Crippen LogP contribution < -0.4 is 10.1 Å². The molecular formula is C26H29F13N2O5. The normalized spacial score (nSPS) is 16.3. The van der Waals surface area contributed by atoms with Gasteiger partial charge in [-0.3, -0.25) is 0 Å². The van der Waals surface area contributed by atoms with Crippen molar-refractivity contribution >= 4 is 12.0 Å². The Morgan fingerprint density at radius 2 is 1.39 bits per heavy atom. The number of hydrogen-bond acceptors (Lipinski definition) is 4. The lowest BCUT2D eigenvalue weighted by Gasteiger charge is -2.40. The van der Waals surface area contributed by atoms with E-state index in [1.54, 1.807) is 6.92 Å².